The summed E-state index contributed by atoms with van der Waals surface area (Å²) in [6.45, 7) is 6.92. The van der Waals surface area contributed by atoms with Crippen molar-refractivity contribution in [3.63, 3.8) is 0 Å². The lowest BCUT2D eigenvalue weighted by Gasteiger charge is -2.53. The molecule has 4 aliphatic rings. The largest absolute Gasteiger partial charge is 0.508 e. The van der Waals surface area contributed by atoms with Crippen LogP contribution in [0.2, 0.25) is 0 Å². The van der Waals surface area contributed by atoms with Crippen molar-refractivity contribution in [1.82, 2.24) is 19.8 Å². The molecule has 2 aromatic heterocycles. The van der Waals surface area contributed by atoms with Crippen LogP contribution in [0.3, 0.4) is 0 Å². The molecule has 0 amide bonds. The number of aliphatic hydroxyl groups excluding tert-OH is 2. The van der Waals surface area contributed by atoms with Crippen LogP contribution >= 0.6 is 0 Å². The number of phenols is 1. The van der Waals surface area contributed by atoms with Crippen LogP contribution < -0.4 is 0 Å². The average Bonchev–Trinajstić information content (AvgIpc) is 3.68. The first kappa shape index (κ1) is 33.5. The van der Waals surface area contributed by atoms with Gasteiger partial charge in [-0.3, -0.25) is 14.6 Å². The van der Waals surface area contributed by atoms with Gasteiger partial charge in [-0.25, -0.2) is 0 Å². The third kappa shape index (κ3) is 4.91. The van der Waals surface area contributed by atoms with Gasteiger partial charge in [0.05, 0.1) is 19.8 Å². The second-order valence-corrected chi connectivity index (χ2v) is 15.5. The van der Waals surface area contributed by atoms with Crippen LogP contribution in [0.4, 0.5) is 0 Å². The first-order chi connectivity index (χ1) is 24.3. The zero-order valence-electron chi connectivity index (χ0n) is 29.8. The maximum absolute atomic E-state index is 14.0. The van der Waals surface area contributed by atoms with E-state index in [1.54, 1.807) is 0 Å². The van der Waals surface area contributed by atoms with Gasteiger partial charge in [-0.2, -0.15) is 0 Å². The highest BCUT2D eigenvalue weighted by molar-refractivity contribution is 5.89. The molecule has 50 heavy (non-hydrogen) atoms. The van der Waals surface area contributed by atoms with E-state index >= 15 is 0 Å². The lowest BCUT2D eigenvalue weighted by atomic mass is 9.58. The summed E-state index contributed by atoms with van der Waals surface area (Å²) in [5, 5.41) is 35.4. The number of likely N-dealkylation sites (N-methyl/N-ethyl adjacent to an activating group) is 1. The number of nitrogens with one attached hydrogen (secondary N) is 2. The fourth-order valence-corrected chi connectivity index (χ4v) is 10.9. The monoisotopic (exact) mass is 680 g/mol. The molecule has 1 aliphatic carbocycles. The molecule has 5 heterocycles. The lowest BCUT2D eigenvalue weighted by molar-refractivity contribution is -0.169. The van der Waals surface area contributed by atoms with E-state index in [1.807, 2.05) is 32.2 Å². The number of piperidine rings is 2. The summed E-state index contributed by atoms with van der Waals surface area (Å²) in [5.41, 5.74) is 7.52. The second kappa shape index (κ2) is 12.9. The molecule has 9 nitrogen and oxygen atoms in total. The molecule has 9 heteroatoms. The number of aliphatic hydroxyl groups is 2. The van der Waals surface area contributed by atoms with Gasteiger partial charge in [0, 0.05) is 82.9 Å². The number of H-pyrrole nitrogens is 2. The second-order valence-electron chi connectivity index (χ2n) is 15.5. The Morgan fingerprint density at radius 1 is 1.06 bits per heavy atom. The zero-order valence-corrected chi connectivity index (χ0v) is 29.8. The van der Waals surface area contributed by atoms with Crippen molar-refractivity contribution in [2.24, 2.45) is 23.2 Å². The first-order valence-corrected chi connectivity index (χ1v) is 18.6. The average molecular weight is 681 g/mol. The number of carbonyl (C=O) groups excluding carboxylic acids is 1. The summed E-state index contributed by atoms with van der Waals surface area (Å²) in [4.78, 5) is 26.5. The van der Waals surface area contributed by atoms with Crippen LogP contribution in [-0.4, -0.2) is 94.1 Å². The highest BCUT2D eigenvalue weighted by atomic mass is 16.5. The number of allylic oxidation sites excluding steroid dienone is 1. The Kier molecular flexibility index (Phi) is 8.61. The Morgan fingerprint density at radius 2 is 1.86 bits per heavy atom. The number of carbonyl (C=O) groups is 1. The van der Waals surface area contributed by atoms with E-state index in [9.17, 15) is 20.1 Å². The van der Waals surface area contributed by atoms with Gasteiger partial charge in [-0.1, -0.05) is 43.2 Å². The van der Waals surface area contributed by atoms with Gasteiger partial charge >= 0.3 is 5.97 Å². The molecule has 0 unspecified atom stereocenters. The summed E-state index contributed by atoms with van der Waals surface area (Å²) in [5.74, 6) is 0.386. The normalized spacial score (nSPS) is 30.9. The van der Waals surface area contributed by atoms with Crippen LogP contribution in [0.1, 0.15) is 79.6 Å². The molecular weight excluding hydrogens is 628 g/mol. The number of benzene rings is 2. The summed E-state index contributed by atoms with van der Waals surface area (Å²) < 4.78 is 5.53. The number of hydrogen-bond acceptors (Lipinski definition) is 7. The molecule has 7 atom stereocenters. The third-order valence-electron chi connectivity index (χ3n) is 13.5. The minimum atomic E-state index is -1.17. The molecule has 4 aromatic rings. The maximum atomic E-state index is 14.0. The van der Waals surface area contributed by atoms with Crippen molar-refractivity contribution in [2.75, 3.05) is 47.0 Å². The molecule has 8 rings (SSSR count). The molecule has 0 saturated carbocycles. The summed E-state index contributed by atoms with van der Waals surface area (Å²) in [6.07, 6.45) is 7.10. The van der Waals surface area contributed by atoms with Gasteiger partial charge in [0.2, 0.25) is 0 Å². The van der Waals surface area contributed by atoms with Gasteiger partial charge in [-0.05, 0) is 87.2 Å². The number of nitrogens with zero attached hydrogens (tertiary/aromatic N) is 2. The number of fused-ring (bicyclic) bond motifs is 10. The molecule has 266 valence electrons. The summed E-state index contributed by atoms with van der Waals surface area (Å²) >= 11 is 0. The van der Waals surface area contributed by atoms with Crippen molar-refractivity contribution in [3.05, 3.63) is 76.1 Å². The Balaban J connectivity index is 1.30. The van der Waals surface area contributed by atoms with E-state index in [0.29, 0.717) is 31.2 Å². The fourth-order valence-electron chi connectivity index (χ4n) is 10.9. The van der Waals surface area contributed by atoms with Gasteiger partial charge < -0.3 is 30.0 Å². The van der Waals surface area contributed by atoms with Crippen LogP contribution in [0.15, 0.2) is 48.0 Å². The molecule has 2 bridgehead atoms. The molecule has 2 fully saturated rings. The molecular formula is C41H52N4O5. The first-order valence-electron chi connectivity index (χ1n) is 18.6. The predicted molar refractivity (Wildman–Crippen MR) is 195 cm³/mol. The minimum absolute atomic E-state index is 0.225. The Labute approximate surface area is 294 Å². The van der Waals surface area contributed by atoms with Crippen LogP contribution in [0.25, 0.3) is 21.8 Å². The third-order valence-corrected chi connectivity index (χ3v) is 13.5. The fraction of sp³-hybridized carbons (Fsp3) is 0.537. The van der Waals surface area contributed by atoms with Gasteiger partial charge in [0.25, 0.3) is 0 Å². The predicted octanol–water partition coefficient (Wildman–Crippen LogP) is 5.79. The van der Waals surface area contributed by atoms with E-state index in [4.69, 9.17) is 4.74 Å². The quantitative estimate of drug-likeness (QED) is 0.129. The van der Waals surface area contributed by atoms with Gasteiger partial charge in [-0.15, -0.1) is 0 Å². The van der Waals surface area contributed by atoms with Gasteiger partial charge in [0.1, 0.15) is 11.2 Å². The molecule has 2 aromatic carbocycles. The lowest BCUT2D eigenvalue weighted by Crippen LogP contribution is -2.63. The maximum Gasteiger partial charge on any atom is 0.316 e. The highest BCUT2D eigenvalue weighted by Gasteiger charge is 2.59. The number of rotatable bonds is 6. The number of para-hydroxylation sites is 1. The highest BCUT2D eigenvalue weighted by Crippen LogP contribution is 2.54. The molecule has 0 radical (unpaired) electrons. The number of aromatic amines is 2. The number of phenolic OH excluding ortho intramolecular Hbond substituents is 1. The van der Waals surface area contributed by atoms with E-state index < -0.39 is 5.41 Å². The van der Waals surface area contributed by atoms with E-state index in [2.05, 4.69) is 51.0 Å². The minimum Gasteiger partial charge on any atom is -0.508 e. The molecule has 3 aliphatic heterocycles. The van der Waals surface area contributed by atoms with Crippen LogP contribution in [0.5, 0.6) is 5.75 Å². The van der Waals surface area contributed by atoms with Crippen molar-refractivity contribution in [1.29, 1.82) is 0 Å². The number of likely N-dealkylation sites (tertiary alicyclic amines) is 1. The molecule has 0 spiro atoms. The van der Waals surface area contributed by atoms with Crippen molar-refractivity contribution in [3.8, 4) is 5.75 Å². The topological polar surface area (TPSA) is 125 Å². The van der Waals surface area contributed by atoms with E-state index in [1.165, 1.54) is 18.4 Å². The number of esters is 1. The number of hydrogen-bond donors (Lipinski definition) is 5. The Morgan fingerprint density at radius 3 is 2.60 bits per heavy atom. The van der Waals surface area contributed by atoms with E-state index in [0.717, 1.165) is 83.0 Å². The zero-order chi connectivity index (χ0) is 34.9. The number of methoxy groups -OCH3 is 1. The molecule has 5 N–H and O–H groups in total. The number of ether oxygens (including phenoxy) is 1. The van der Waals surface area contributed by atoms with Crippen molar-refractivity contribution >= 4 is 27.8 Å². The van der Waals surface area contributed by atoms with Crippen molar-refractivity contribution in [2.45, 2.75) is 70.4 Å². The standard InChI is InChI=1S/C41H52N4O5/c1-5-23-21-45-13-11-27-28-18-36(48)29(17-34(28)43-39(27)35(45)15-25(23)12-14-46)30-16-32-24(6-2)20-44(3)37(41(32,22-47)40(49)50-4)19-31-26-9-7-8-10-33(26)42-38(30)31/h6-10,17-18,23,25,30,32,35,37,42-43,46-48H,5,11-16,19-22H2,1-4H3/b24-6-/t23-,25-,30+,32-,35-,37-,41-/m0/s1. The number of aromatic nitrogens is 2. The Hall–Kier alpha value is -3.63. The van der Waals surface area contributed by atoms with Crippen molar-refractivity contribution < 1.29 is 24.9 Å². The SMILES string of the molecule is C/C=C1/CN(C)[C@H]2Cc3c([nH]c4ccccc34)[C@@H](c3cc4[nH]c5c(c4cc3O)CCN3C[C@H](CC)[C@@H](CCO)C[C@@H]53)C[C@@H]1[C@]2(CO)C(=O)OC. The van der Waals surface area contributed by atoms with Crippen LogP contribution in [-0.2, 0) is 22.4 Å². The summed E-state index contributed by atoms with van der Waals surface area (Å²) in [6, 6.07) is 12.4. The van der Waals surface area contributed by atoms with E-state index in [-0.39, 0.29) is 48.9 Å². The van der Waals surface area contributed by atoms with Crippen LogP contribution in [0, 0.1) is 23.2 Å². The van der Waals surface area contributed by atoms with Gasteiger partial charge in [0.15, 0.2) is 0 Å². The summed E-state index contributed by atoms with van der Waals surface area (Å²) in [7, 11) is 3.47. The Bertz CT molecular complexity index is 1960. The number of aromatic hydroxyl groups is 1. The molecule has 2 saturated heterocycles. The smallest absolute Gasteiger partial charge is 0.316 e.